The lowest BCUT2D eigenvalue weighted by atomic mass is 9.79. The Labute approximate surface area is 193 Å². The number of hydrogen-bond donors (Lipinski definition) is 1. The van der Waals surface area contributed by atoms with Gasteiger partial charge in [0.15, 0.2) is 0 Å². The summed E-state index contributed by atoms with van der Waals surface area (Å²) in [6.45, 7) is 2.52. The van der Waals surface area contributed by atoms with Gasteiger partial charge < -0.3 is 24.3 Å². The monoisotopic (exact) mass is 449 g/mol. The highest BCUT2D eigenvalue weighted by atomic mass is 16.6. The molecule has 3 atom stereocenters. The third-order valence-electron chi connectivity index (χ3n) is 5.89. The molecular formula is C26H27NO6. The second kappa shape index (κ2) is 9.50. The molecule has 172 valence electrons. The first-order chi connectivity index (χ1) is 16.0. The predicted octanol–water partition coefficient (Wildman–Crippen LogP) is 3.46. The fourth-order valence-electron chi connectivity index (χ4n) is 4.41. The molecular weight excluding hydrogens is 422 g/mol. The Morgan fingerprint density at radius 1 is 1.03 bits per heavy atom. The molecule has 0 amide bonds. The van der Waals surface area contributed by atoms with Gasteiger partial charge in [0, 0.05) is 5.69 Å². The van der Waals surface area contributed by atoms with Crippen molar-refractivity contribution in [2.45, 2.75) is 31.1 Å². The molecule has 2 aliphatic rings. The van der Waals surface area contributed by atoms with Crippen molar-refractivity contribution in [1.29, 1.82) is 0 Å². The van der Waals surface area contributed by atoms with Gasteiger partial charge in [-0.2, -0.15) is 0 Å². The number of anilines is 1. The Balaban J connectivity index is 1.76. The van der Waals surface area contributed by atoms with Crippen LogP contribution in [0.3, 0.4) is 0 Å². The molecule has 2 aromatic rings. The maximum absolute atomic E-state index is 12.9. The van der Waals surface area contributed by atoms with Gasteiger partial charge in [0.1, 0.15) is 17.5 Å². The van der Waals surface area contributed by atoms with Crippen molar-refractivity contribution < 1.29 is 28.5 Å². The molecule has 2 aromatic carbocycles. The summed E-state index contributed by atoms with van der Waals surface area (Å²) in [7, 11) is 2.58. The standard InChI is InChI=1S/C26H27NO6/c1-4-32-19-12-10-17(11-13-19)16-21(27-18-8-6-5-7-9-18)26-15-14-20(33-26)22(24(28)30-2)23(26)25(29)31-3/h5-15,20-21,27H,4,16H2,1-3H3. The van der Waals surface area contributed by atoms with Crippen molar-refractivity contribution in [2.75, 3.05) is 26.1 Å². The van der Waals surface area contributed by atoms with E-state index in [9.17, 15) is 9.59 Å². The third kappa shape index (κ3) is 4.24. The second-order valence-corrected chi connectivity index (χ2v) is 7.81. The van der Waals surface area contributed by atoms with Crippen molar-refractivity contribution in [3.8, 4) is 5.75 Å². The number of carbonyl (C=O) groups excluding carboxylic acids is 2. The Bertz CT molecular complexity index is 1080. The number of nitrogens with one attached hydrogen (secondary N) is 1. The molecule has 4 rings (SSSR count). The van der Waals surface area contributed by atoms with E-state index >= 15 is 0 Å². The smallest absolute Gasteiger partial charge is 0.337 e. The van der Waals surface area contributed by atoms with Crippen LogP contribution >= 0.6 is 0 Å². The van der Waals surface area contributed by atoms with Gasteiger partial charge in [-0.15, -0.1) is 0 Å². The summed E-state index contributed by atoms with van der Waals surface area (Å²) in [4.78, 5) is 25.5. The molecule has 0 fully saturated rings. The van der Waals surface area contributed by atoms with Gasteiger partial charge in [0.2, 0.25) is 0 Å². The second-order valence-electron chi connectivity index (χ2n) is 7.81. The summed E-state index contributed by atoms with van der Waals surface area (Å²) >= 11 is 0. The van der Waals surface area contributed by atoms with Gasteiger partial charge in [-0.05, 0) is 49.2 Å². The van der Waals surface area contributed by atoms with Gasteiger partial charge in [-0.1, -0.05) is 36.4 Å². The minimum absolute atomic E-state index is 0.170. The maximum atomic E-state index is 12.9. The third-order valence-corrected chi connectivity index (χ3v) is 5.89. The highest BCUT2D eigenvalue weighted by Crippen LogP contribution is 2.47. The Kier molecular flexibility index (Phi) is 6.51. The van der Waals surface area contributed by atoms with Crippen LogP contribution in [0.4, 0.5) is 5.69 Å². The summed E-state index contributed by atoms with van der Waals surface area (Å²) in [5, 5.41) is 3.51. The van der Waals surface area contributed by atoms with Gasteiger partial charge in [0.25, 0.3) is 0 Å². The Morgan fingerprint density at radius 2 is 1.73 bits per heavy atom. The zero-order valence-corrected chi connectivity index (χ0v) is 18.9. The van der Waals surface area contributed by atoms with Gasteiger partial charge in [-0.3, -0.25) is 0 Å². The van der Waals surface area contributed by atoms with Gasteiger partial charge in [-0.25, -0.2) is 9.59 Å². The van der Waals surface area contributed by atoms with Crippen molar-refractivity contribution in [2.24, 2.45) is 0 Å². The van der Waals surface area contributed by atoms with E-state index in [1.54, 1.807) is 6.08 Å². The first kappa shape index (κ1) is 22.6. The van der Waals surface area contributed by atoms with Crippen LogP contribution in [0.2, 0.25) is 0 Å². The van der Waals surface area contributed by atoms with E-state index in [0.717, 1.165) is 17.0 Å². The number of methoxy groups -OCH3 is 2. The van der Waals surface area contributed by atoms with E-state index in [4.69, 9.17) is 18.9 Å². The van der Waals surface area contributed by atoms with Gasteiger partial charge in [0.05, 0.1) is 38.0 Å². The Morgan fingerprint density at radius 3 is 2.36 bits per heavy atom. The first-order valence-electron chi connectivity index (χ1n) is 10.8. The molecule has 2 heterocycles. The molecule has 33 heavy (non-hydrogen) atoms. The first-order valence-corrected chi connectivity index (χ1v) is 10.8. The molecule has 2 bridgehead atoms. The van der Waals surface area contributed by atoms with E-state index < -0.39 is 29.7 Å². The number of benzene rings is 2. The zero-order valence-electron chi connectivity index (χ0n) is 18.9. The highest BCUT2D eigenvalue weighted by molar-refractivity contribution is 6.05. The molecule has 2 aliphatic heterocycles. The predicted molar refractivity (Wildman–Crippen MR) is 123 cm³/mol. The fraction of sp³-hybridized carbons (Fsp3) is 0.308. The maximum Gasteiger partial charge on any atom is 0.337 e. The van der Waals surface area contributed by atoms with E-state index in [0.29, 0.717) is 13.0 Å². The van der Waals surface area contributed by atoms with E-state index in [1.165, 1.54) is 14.2 Å². The van der Waals surface area contributed by atoms with Crippen LogP contribution < -0.4 is 10.1 Å². The number of para-hydroxylation sites is 1. The van der Waals surface area contributed by atoms with Crippen LogP contribution in [-0.4, -0.2) is 50.5 Å². The lowest BCUT2D eigenvalue weighted by Crippen LogP contribution is -2.49. The summed E-state index contributed by atoms with van der Waals surface area (Å²) < 4.78 is 21.9. The number of carbonyl (C=O) groups is 2. The van der Waals surface area contributed by atoms with E-state index in [-0.39, 0.29) is 11.1 Å². The van der Waals surface area contributed by atoms with E-state index in [2.05, 4.69) is 5.32 Å². The van der Waals surface area contributed by atoms with Gasteiger partial charge >= 0.3 is 11.9 Å². The fourth-order valence-corrected chi connectivity index (χ4v) is 4.41. The van der Waals surface area contributed by atoms with Crippen molar-refractivity contribution in [3.05, 3.63) is 83.5 Å². The average Bonchev–Trinajstić information content (AvgIpc) is 3.43. The summed E-state index contributed by atoms with van der Waals surface area (Å²) in [5.74, 6) is -0.437. The summed E-state index contributed by atoms with van der Waals surface area (Å²) in [5.41, 5.74) is 1.02. The molecule has 0 radical (unpaired) electrons. The quantitative estimate of drug-likeness (QED) is 0.464. The minimum atomic E-state index is -1.20. The van der Waals surface area contributed by atoms with Crippen LogP contribution in [0.15, 0.2) is 77.9 Å². The topological polar surface area (TPSA) is 83.1 Å². The molecule has 0 saturated heterocycles. The molecule has 0 aromatic heterocycles. The number of ether oxygens (including phenoxy) is 4. The molecule has 0 saturated carbocycles. The number of fused-ring (bicyclic) bond motifs is 2. The minimum Gasteiger partial charge on any atom is -0.494 e. The largest absolute Gasteiger partial charge is 0.494 e. The van der Waals surface area contributed by atoms with Crippen molar-refractivity contribution >= 4 is 17.6 Å². The molecule has 7 nitrogen and oxygen atoms in total. The van der Waals surface area contributed by atoms with Crippen molar-refractivity contribution in [3.63, 3.8) is 0 Å². The molecule has 0 spiro atoms. The number of rotatable bonds is 9. The van der Waals surface area contributed by atoms with Crippen LogP contribution in [0.25, 0.3) is 0 Å². The van der Waals surface area contributed by atoms with Crippen LogP contribution in [0, 0.1) is 0 Å². The molecule has 3 unspecified atom stereocenters. The molecule has 7 heteroatoms. The number of esters is 2. The van der Waals surface area contributed by atoms with Crippen LogP contribution in [0.5, 0.6) is 5.75 Å². The average molecular weight is 450 g/mol. The lowest BCUT2D eigenvalue weighted by molar-refractivity contribution is -0.139. The zero-order chi connectivity index (χ0) is 23.4. The molecule has 0 aliphatic carbocycles. The number of hydrogen-bond acceptors (Lipinski definition) is 7. The van der Waals surface area contributed by atoms with Crippen molar-refractivity contribution in [1.82, 2.24) is 0 Å². The van der Waals surface area contributed by atoms with Crippen LogP contribution in [-0.2, 0) is 30.2 Å². The summed E-state index contributed by atoms with van der Waals surface area (Å²) in [6.07, 6.45) is 3.46. The Hall–Kier alpha value is -3.58. The summed E-state index contributed by atoms with van der Waals surface area (Å²) in [6, 6.07) is 17.0. The normalized spacial score (nSPS) is 21.6. The SMILES string of the molecule is CCOc1ccc(CC(Nc2ccccc2)C23C=CC(O2)C(C(=O)OC)=C3C(=O)OC)cc1. The lowest BCUT2D eigenvalue weighted by Gasteiger charge is -2.36. The van der Waals surface area contributed by atoms with Crippen LogP contribution in [0.1, 0.15) is 12.5 Å². The van der Waals surface area contributed by atoms with E-state index in [1.807, 2.05) is 67.6 Å². The molecule has 1 N–H and O–H groups in total. The highest BCUT2D eigenvalue weighted by Gasteiger charge is 2.58.